The molecule has 4 rings (SSSR count). The SMILES string of the molecule is Cc1ccc(-n2nc(C(C)(C)C)cc2N[14C](=O)Nc2cc(C(C)(C)C)nn2-c2ccc(C)cc2)cc1. The summed E-state index contributed by atoms with van der Waals surface area (Å²) in [5, 5.41) is 15.6. The predicted molar refractivity (Wildman–Crippen MR) is 147 cm³/mol. The van der Waals surface area contributed by atoms with Crippen LogP contribution >= 0.6 is 0 Å². The van der Waals surface area contributed by atoms with Crippen LogP contribution in [0.5, 0.6) is 0 Å². The Kier molecular flexibility index (Phi) is 6.52. The highest BCUT2D eigenvalue weighted by atomic mass is 16.4. The van der Waals surface area contributed by atoms with Crippen LogP contribution < -0.4 is 10.6 Å². The van der Waals surface area contributed by atoms with Crippen LogP contribution in [0.1, 0.15) is 64.1 Å². The molecule has 0 unspecified atom stereocenters. The lowest BCUT2D eigenvalue weighted by Gasteiger charge is -2.14. The van der Waals surface area contributed by atoms with Crippen molar-refractivity contribution in [1.82, 2.24) is 19.6 Å². The van der Waals surface area contributed by atoms with E-state index < -0.39 is 0 Å². The average Bonchev–Trinajstić information content (AvgIpc) is 3.39. The lowest BCUT2D eigenvalue weighted by molar-refractivity contribution is 0.262. The maximum Gasteiger partial charge on any atom is 0.326 e. The third kappa shape index (κ3) is 5.51. The number of rotatable bonds is 4. The molecule has 2 amide bonds. The molecular formula is C29H36N6O. The van der Waals surface area contributed by atoms with Crippen molar-refractivity contribution in [1.29, 1.82) is 0 Å². The molecule has 0 aliphatic heterocycles. The molecule has 0 fully saturated rings. The molecule has 0 atom stereocenters. The van der Waals surface area contributed by atoms with Crippen molar-refractivity contribution in [3.63, 3.8) is 0 Å². The van der Waals surface area contributed by atoms with Crippen LogP contribution in [-0.2, 0) is 10.8 Å². The van der Waals surface area contributed by atoms with E-state index in [2.05, 4.69) is 52.2 Å². The number of benzene rings is 2. The molecule has 2 heterocycles. The van der Waals surface area contributed by atoms with Crippen LogP contribution in [0.25, 0.3) is 11.4 Å². The first-order valence-corrected chi connectivity index (χ1v) is 12.2. The maximum absolute atomic E-state index is 13.3. The van der Waals surface area contributed by atoms with E-state index in [4.69, 9.17) is 10.2 Å². The predicted octanol–water partition coefficient (Wildman–Crippen LogP) is 6.91. The van der Waals surface area contributed by atoms with Gasteiger partial charge in [-0.25, -0.2) is 14.2 Å². The minimum Gasteiger partial charge on any atom is -0.292 e. The number of amides is 2. The van der Waals surface area contributed by atoms with Crippen LogP contribution in [0, 0.1) is 13.8 Å². The first-order chi connectivity index (χ1) is 16.8. The molecular weight excluding hydrogens is 450 g/mol. The van der Waals surface area contributed by atoms with Gasteiger partial charge in [0.15, 0.2) is 0 Å². The second kappa shape index (κ2) is 9.30. The maximum atomic E-state index is 13.3. The van der Waals surface area contributed by atoms with E-state index in [9.17, 15) is 4.79 Å². The van der Waals surface area contributed by atoms with Gasteiger partial charge in [-0.05, 0) is 38.1 Å². The Balaban J connectivity index is 1.67. The molecule has 0 bridgehead atoms. The van der Waals surface area contributed by atoms with E-state index in [1.165, 1.54) is 0 Å². The van der Waals surface area contributed by atoms with Gasteiger partial charge in [0.2, 0.25) is 0 Å². The van der Waals surface area contributed by atoms with Crippen molar-refractivity contribution < 1.29 is 4.79 Å². The van der Waals surface area contributed by atoms with Gasteiger partial charge in [-0.3, -0.25) is 10.6 Å². The van der Waals surface area contributed by atoms with Crippen LogP contribution in [0.15, 0.2) is 60.7 Å². The Morgan fingerprint density at radius 3 is 1.28 bits per heavy atom. The van der Waals surface area contributed by atoms with Crippen molar-refractivity contribution in [2.24, 2.45) is 0 Å². The van der Waals surface area contributed by atoms with Gasteiger partial charge in [-0.15, -0.1) is 0 Å². The summed E-state index contributed by atoms with van der Waals surface area (Å²) in [4.78, 5) is 13.3. The van der Waals surface area contributed by atoms with Gasteiger partial charge < -0.3 is 0 Å². The molecule has 0 radical (unpaired) electrons. The van der Waals surface area contributed by atoms with Crippen LogP contribution in [0.2, 0.25) is 0 Å². The summed E-state index contributed by atoms with van der Waals surface area (Å²) in [6.45, 7) is 16.7. The van der Waals surface area contributed by atoms with Gasteiger partial charge in [0.1, 0.15) is 11.6 Å². The van der Waals surface area contributed by atoms with Gasteiger partial charge in [0, 0.05) is 23.0 Å². The molecule has 36 heavy (non-hydrogen) atoms. The lowest BCUT2D eigenvalue weighted by Crippen LogP contribution is -2.22. The number of aromatic nitrogens is 4. The number of aryl methyl sites for hydroxylation is 2. The van der Waals surface area contributed by atoms with E-state index in [0.717, 1.165) is 33.9 Å². The number of urea groups is 1. The minimum absolute atomic E-state index is 0.172. The molecule has 0 aliphatic rings. The monoisotopic (exact) mass is 486 g/mol. The summed E-state index contributed by atoms with van der Waals surface area (Å²) < 4.78 is 3.55. The van der Waals surface area contributed by atoms with Gasteiger partial charge in [-0.1, -0.05) is 76.9 Å². The third-order valence-corrected chi connectivity index (χ3v) is 6.00. The molecule has 0 aliphatic carbocycles. The normalized spacial score (nSPS) is 12.0. The van der Waals surface area contributed by atoms with Crippen molar-refractivity contribution >= 4 is 17.7 Å². The van der Waals surface area contributed by atoms with E-state index in [0.29, 0.717) is 11.6 Å². The summed E-state index contributed by atoms with van der Waals surface area (Å²) in [6.07, 6.45) is 0. The first kappa shape index (κ1) is 25.2. The van der Waals surface area contributed by atoms with E-state index in [1.54, 1.807) is 9.36 Å². The molecule has 188 valence electrons. The molecule has 0 saturated heterocycles. The summed E-state index contributed by atoms with van der Waals surface area (Å²) in [7, 11) is 0. The van der Waals surface area contributed by atoms with Crippen LogP contribution in [0.3, 0.4) is 0 Å². The smallest absolute Gasteiger partial charge is 0.292 e. The Labute approximate surface area is 213 Å². The zero-order valence-corrected chi connectivity index (χ0v) is 22.5. The topological polar surface area (TPSA) is 76.8 Å². The zero-order valence-electron chi connectivity index (χ0n) is 22.5. The third-order valence-electron chi connectivity index (χ3n) is 6.00. The highest BCUT2D eigenvalue weighted by molar-refractivity contribution is 5.99. The largest absolute Gasteiger partial charge is 0.326 e. The fourth-order valence-corrected chi connectivity index (χ4v) is 3.70. The summed E-state index contributed by atoms with van der Waals surface area (Å²) >= 11 is 0. The van der Waals surface area contributed by atoms with Gasteiger partial charge in [0.05, 0.1) is 22.8 Å². The van der Waals surface area contributed by atoms with Gasteiger partial charge in [-0.2, -0.15) is 10.2 Å². The van der Waals surface area contributed by atoms with Crippen LogP contribution in [-0.4, -0.2) is 25.6 Å². The quantitative estimate of drug-likeness (QED) is 0.329. The summed E-state index contributed by atoms with van der Waals surface area (Å²) in [6, 6.07) is 19.6. The number of carbonyl (C=O) groups excluding carboxylic acids is 1. The second-order valence-corrected chi connectivity index (χ2v) is 11.4. The zero-order chi connectivity index (χ0) is 26.3. The number of carbonyl (C=O) groups is 1. The van der Waals surface area contributed by atoms with Gasteiger partial charge in [0.25, 0.3) is 0 Å². The highest BCUT2D eigenvalue weighted by Crippen LogP contribution is 2.28. The standard InChI is InChI=1S/C29H36N6O/c1-19-9-13-21(14-10-19)34-25(17-23(32-34)28(3,4)5)30-27(36)31-26-18-24(29(6,7)8)33-35(26)22-15-11-20(2)12-16-22/h9-18H,1-8H3,(H2,30,31,36)/i27+2. The lowest BCUT2D eigenvalue weighted by atomic mass is 9.92. The Bertz CT molecular complexity index is 1260. The Hall–Kier alpha value is -3.87. The number of hydrogen-bond acceptors (Lipinski definition) is 3. The molecule has 7 nitrogen and oxygen atoms in total. The fourth-order valence-electron chi connectivity index (χ4n) is 3.70. The molecule has 2 aromatic carbocycles. The van der Waals surface area contributed by atoms with E-state index in [1.807, 2.05) is 74.5 Å². The number of hydrogen-bond donors (Lipinski definition) is 2. The summed E-state index contributed by atoms with van der Waals surface area (Å²) in [5.41, 5.74) is 5.51. The number of anilines is 2. The number of nitrogens with zero attached hydrogens (tertiary/aromatic N) is 4. The first-order valence-electron chi connectivity index (χ1n) is 12.2. The molecule has 7 heteroatoms. The van der Waals surface area contributed by atoms with E-state index >= 15 is 0 Å². The average molecular weight is 487 g/mol. The summed E-state index contributed by atoms with van der Waals surface area (Å²) in [5.74, 6) is 1.19. The molecule has 0 spiro atoms. The second-order valence-electron chi connectivity index (χ2n) is 11.4. The number of nitrogens with one attached hydrogen (secondary N) is 2. The molecule has 0 saturated carbocycles. The van der Waals surface area contributed by atoms with Crippen molar-refractivity contribution in [3.8, 4) is 11.4 Å². The highest BCUT2D eigenvalue weighted by Gasteiger charge is 2.24. The van der Waals surface area contributed by atoms with Gasteiger partial charge >= 0.3 is 6.03 Å². The van der Waals surface area contributed by atoms with Crippen LogP contribution in [0.4, 0.5) is 16.4 Å². The van der Waals surface area contributed by atoms with E-state index in [-0.39, 0.29) is 16.9 Å². The Morgan fingerprint density at radius 2 is 0.972 bits per heavy atom. The fraction of sp³-hybridized carbons (Fsp3) is 0.345. The minimum atomic E-state index is -0.363. The van der Waals surface area contributed by atoms with Crippen molar-refractivity contribution in [2.75, 3.05) is 10.6 Å². The Morgan fingerprint density at radius 1 is 0.639 bits per heavy atom. The van der Waals surface area contributed by atoms with Crippen molar-refractivity contribution in [3.05, 3.63) is 83.2 Å². The van der Waals surface area contributed by atoms with Crippen molar-refractivity contribution in [2.45, 2.75) is 66.2 Å². The molecule has 2 aromatic heterocycles. The molecule has 2 N–H and O–H groups in total. The molecule has 4 aromatic rings.